The van der Waals surface area contributed by atoms with Crippen molar-refractivity contribution in [2.75, 3.05) is 0 Å². The molecule has 0 saturated heterocycles. The first-order chi connectivity index (χ1) is 8.06. The van der Waals surface area contributed by atoms with E-state index in [0.29, 0.717) is 11.3 Å². The molecule has 0 N–H and O–H groups in total. The molecule has 2 rings (SSSR count). The van der Waals surface area contributed by atoms with Crippen molar-refractivity contribution in [3.63, 3.8) is 0 Å². The Bertz CT molecular complexity index is 515. The van der Waals surface area contributed by atoms with Crippen molar-refractivity contribution < 1.29 is 13.2 Å². The number of benzene rings is 1. The SMILES string of the molecule is FC(F)(F)C=Cc1ccccc1-n1cncn1. The molecule has 1 aromatic heterocycles. The predicted molar refractivity (Wildman–Crippen MR) is 56.4 cm³/mol. The molecule has 1 heterocycles. The average Bonchev–Trinajstić information content (AvgIpc) is 2.79. The van der Waals surface area contributed by atoms with Crippen LogP contribution in [0.5, 0.6) is 0 Å². The van der Waals surface area contributed by atoms with Crippen LogP contribution in [0.15, 0.2) is 43.0 Å². The number of hydrogen-bond donors (Lipinski definition) is 0. The molecule has 6 heteroatoms. The number of rotatable bonds is 2. The van der Waals surface area contributed by atoms with Gasteiger partial charge in [0.15, 0.2) is 0 Å². The molecule has 17 heavy (non-hydrogen) atoms. The Morgan fingerprint density at radius 1 is 1.18 bits per heavy atom. The minimum atomic E-state index is -4.32. The zero-order chi connectivity index (χ0) is 12.3. The normalized spacial score (nSPS) is 12.2. The van der Waals surface area contributed by atoms with Gasteiger partial charge in [0.25, 0.3) is 0 Å². The molecule has 1 aromatic carbocycles. The number of halogens is 3. The molecular weight excluding hydrogens is 231 g/mol. The highest BCUT2D eigenvalue weighted by Gasteiger charge is 2.22. The summed E-state index contributed by atoms with van der Waals surface area (Å²) in [5.74, 6) is 0. The second-order valence-corrected chi connectivity index (χ2v) is 3.27. The first-order valence-electron chi connectivity index (χ1n) is 4.76. The minimum Gasteiger partial charge on any atom is -0.223 e. The van der Waals surface area contributed by atoms with Crippen molar-refractivity contribution in [2.45, 2.75) is 6.18 Å². The summed E-state index contributed by atoms with van der Waals surface area (Å²) in [6, 6.07) is 6.64. The van der Waals surface area contributed by atoms with Gasteiger partial charge in [0.1, 0.15) is 12.7 Å². The van der Waals surface area contributed by atoms with Gasteiger partial charge >= 0.3 is 6.18 Å². The van der Waals surface area contributed by atoms with E-state index in [1.54, 1.807) is 24.3 Å². The summed E-state index contributed by atoms with van der Waals surface area (Å²) < 4.78 is 37.7. The highest BCUT2D eigenvalue weighted by molar-refractivity contribution is 5.60. The molecule has 0 aliphatic carbocycles. The quantitative estimate of drug-likeness (QED) is 0.806. The van der Waals surface area contributed by atoms with Gasteiger partial charge in [0.2, 0.25) is 0 Å². The van der Waals surface area contributed by atoms with E-state index >= 15 is 0 Å². The van der Waals surface area contributed by atoms with Crippen molar-refractivity contribution in [1.29, 1.82) is 0 Å². The lowest BCUT2D eigenvalue weighted by Crippen LogP contribution is -2.01. The van der Waals surface area contributed by atoms with Crippen molar-refractivity contribution in [3.05, 3.63) is 48.6 Å². The van der Waals surface area contributed by atoms with E-state index in [4.69, 9.17) is 0 Å². The maximum absolute atomic E-state index is 12.1. The third-order valence-corrected chi connectivity index (χ3v) is 2.05. The third-order valence-electron chi connectivity index (χ3n) is 2.05. The standard InChI is InChI=1S/C11H8F3N3/c12-11(13,14)6-5-9-3-1-2-4-10(9)17-8-15-7-16-17/h1-8H. The Labute approximate surface area is 95.2 Å². The smallest absolute Gasteiger partial charge is 0.223 e. The highest BCUT2D eigenvalue weighted by atomic mass is 19.4. The summed E-state index contributed by atoms with van der Waals surface area (Å²) in [5, 5.41) is 3.88. The maximum Gasteiger partial charge on any atom is 0.409 e. The molecule has 0 fully saturated rings. The van der Waals surface area contributed by atoms with Gasteiger partial charge in [-0.2, -0.15) is 18.3 Å². The Morgan fingerprint density at radius 3 is 2.59 bits per heavy atom. The fraction of sp³-hybridized carbons (Fsp3) is 0.0909. The van der Waals surface area contributed by atoms with E-state index in [9.17, 15) is 13.2 Å². The summed E-state index contributed by atoms with van der Waals surface area (Å²) in [7, 11) is 0. The van der Waals surface area contributed by atoms with Crippen LogP contribution in [0.1, 0.15) is 5.56 Å². The number of allylic oxidation sites excluding steroid dienone is 1. The van der Waals surface area contributed by atoms with Crippen molar-refractivity contribution in [2.24, 2.45) is 0 Å². The van der Waals surface area contributed by atoms with E-state index < -0.39 is 6.18 Å². The zero-order valence-electron chi connectivity index (χ0n) is 8.59. The highest BCUT2D eigenvalue weighted by Crippen LogP contribution is 2.20. The summed E-state index contributed by atoms with van der Waals surface area (Å²) in [5.41, 5.74) is 0.973. The van der Waals surface area contributed by atoms with Crippen LogP contribution < -0.4 is 0 Å². The molecule has 0 saturated carbocycles. The monoisotopic (exact) mass is 239 g/mol. The summed E-state index contributed by atoms with van der Waals surface area (Å²) >= 11 is 0. The summed E-state index contributed by atoms with van der Waals surface area (Å²) in [6.45, 7) is 0. The molecule has 3 nitrogen and oxygen atoms in total. The first-order valence-corrected chi connectivity index (χ1v) is 4.76. The minimum absolute atomic E-state index is 0.197. The Balaban J connectivity index is 2.39. The van der Waals surface area contributed by atoms with Crippen LogP contribution in [0, 0.1) is 0 Å². The molecule has 0 radical (unpaired) electrons. The van der Waals surface area contributed by atoms with Gasteiger partial charge in [-0.1, -0.05) is 18.2 Å². The van der Waals surface area contributed by atoms with E-state index in [2.05, 4.69) is 10.1 Å². The summed E-state index contributed by atoms with van der Waals surface area (Å²) in [6.07, 6.45) is -0.361. The first kappa shape index (κ1) is 11.4. The van der Waals surface area contributed by atoms with Crippen LogP contribution in [0.3, 0.4) is 0 Å². The van der Waals surface area contributed by atoms with Crippen LogP contribution in [0.25, 0.3) is 11.8 Å². The van der Waals surface area contributed by atoms with Crippen LogP contribution in [0.4, 0.5) is 13.2 Å². The van der Waals surface area contributed by atoms with Gasteiger partial charge in [-0.3, -0.25) is 0 Å². The topological polar surface area (TPSA) is 30.7 Å². The fourth-order valence-corrected chi connectivity index (χ4v) is 1.35. The fourth-order valence-electron chi connectivity index (χ4n) is 1.35. The largest absolute Gasteiger partial charge is 0.409 e. The average molecular weight is 239 g/mol. The lowest BCUT2D eigenvalue weighted by atomic mass is 10.1. The van der Waals surface area contributed by atoms with Crippen molar-refractivity contribution in [3.8, 4) is 5.69 Å². The van der Waals surface area contributed by atoms with Crippen LogP contribution in [-0.2, 0) is 0 Å². The second kappa shape index (κ2) is 4.40. The van der Waals surface area contributed by atoms with Gasteiger partial charge in [-0.25, -0.2) is 9.67 Å². The molecule has 0 bridgehead atoms. The third kappa shape index (κ3) is 2.93. The van der Waals surface area contributed by atoms with Gasteiger partial charge in [-0.15, -0.1) is 0 Å². The number of nitrogens with zero attached hydrogens (tertiary/aromatic N) is 3. The van der Waals surface area contributed by atoms with Crippen molar-refractivity contribution >= 4 is 6.08 Å². The van der Waals surface area contributed by atoms with Crippen molar-refractivity contribution in [1.82, 2.24) is 14.8 Å². The Hall–Kier alpha value is -2.11. The van der Waals surface area contributed by atoms with Crippen LogP contribution in [-0.4, -0.2) is 20.9 Å². The zero-order valence-corrected chi connectivity index (χ0v) is 8.59. The lowest BCUT2D eigenvalue weighted by molar-refractivity contribution is -0.0790. The van der Waals surface area contributed by atoms with E-state index in [1.165, 1.54) is 17.3 Å². The molecule has 88 valence electrons. The molecule has 0 unspecified atom stereocenters. The molecule has 0 aliphatic heterocycles. The Morgan fingerprint density at radius 2 is 1.94 bits per heavy atom. The van der Waals surface area contributed by atoms with Crippen LogP contribution in [0.2, 0.25) is 0 Å². The number of alkyl halides is 3. The van der Waals surface area contributed by atoms with Gasteiger partial charge in [0, 0.05) is 11.6 Å². The maximum atomic E-state index is 12.1. The molecular formula is C11H8F3N3. The molecule has 0 spiro atoms. The van der Waals surface area contributed by atoms with Gasteiger partial charge < -0.3 is 0 Å². The molecule has 0 amide bonds. The Kier molecular flexibility index (Phi) is 2.95. The predicted octanol–water partition coefficient (Wildman–Crippen LogP) is 2.84. The van der Waals surface area contributed by atoms with E-state index in [1.807, 2.05) is 0 Å². The van der Waals surface area contributed by atoms with Crippen LogP contribution >= 0.6 is 0 Å². The van der Waals surface area contributed by atoms with Gasteiger partial charge in [0.05, 0.1) is 5.69 Å². The number of aromatic nitrogens is 3. The summed E-state index contributed by atoms with van der Waals surface area (Å²) in [4.78, 5) is 3.75. The van der Waals surface area contributed by atoms with E-state index in [-0.39, 0.29) is 6.08 Å². The number of para-hydroxylation sites is 1. The second-order valence-electron chi connectivity index (χ2n) is 3.27. The molecule has 0 aliphatic rings. The molecule has 0 atom stereocenters. The van der Waals surface area contributed by atoms with Gasteiger partial charge in [-0.05, 0) is 12.1 Å². The van der Waals surface area contributed by atoms with E-state index in [0.717, 1.165) is 6.08 Å². The lowest BCUT2D eigenvalue weighted by Gasteiger charge is -2.05. The molecule has 2 aromatic rings. The number of hydrogen-bond acceptors (Lipinski definition) is 2.